The summed E-state index contributed by atoms with van der Waals surface area (Å²) in [7, 11) is 1.77. The average Bonchev–Trinajstić information content (AvgIpc) is 2.75. The highest BCUT2D eigenvalue weighted by Gasteiger charge is 2.31. The van der Waals surface area contributed by atoms with Crippen LogP contribution in [0.3, 0.4) is 0 Å². The van der Waals surface area contributed by atoms with Crippen LogP contribution in [-0.2, 0) is 7.05 Å². The number of nitro groups is 1. The summed E-state index contributed by atoms with van der Waals surface area (Å²) < 4.78 is 1.61. The summed E-state index contributed by atoms with van der Waals surface area (Å²) >= 11 is 0. The van der Waals surface area contributed by atoms with E-state index < -0.39 is 0 Å². The molecule has 21 heavy (non-hydrogen) atoms. The van der Waals surface area contributed by atoms with Crippen molar-refractivity contribution in [3.63, 3.8) is 0 Å². The SMILES string of the molecule is CC(C)c1nn(C)c(NCC2(C)CCCCC2)c1[N+](=O)[O-]. The van der Waals surface area contributed by atoms with E-state index in [1.807, 2.05) is 13.8 Å². The molecule has 0 unspecified atom stereocenters. The number of aryl methyl sites for hydroxylation is 1. The normalized spacial score (nSPS) is 18.0. The number of rotatable bonds is 5. The molecule has 1 N–H and O–H groups in total. The molecule has 1 aliphatic rings. The average molecular weight is 294 g/mol. The van der Waals surface area contributed by atoms with Gasteiger partial charge in [0, 0.05) is 19.5 Å². The van der Waals surface area contributed by atoms with Crippen LogP contribution in [0.2, 0.25) is 0 Å². The number of aromatic nitrogens is 2. The van der Waals surface area contributed by atoms with Crippen LogP contribution in [0.4, 0.5) is 11.5 Å². The largest absolute Gasteiger partial charge is 0.364 e. The van der Waals surface area contributed by atoms with Gasteiger partial charge in [-0.05, 0) is 18.3 Å². The molecule has 6 heteroatoms. The molecule has 1 saturated carbocycles. The van der Waals surface area contributed by atoms with Crippen molar-refractivity contribution >= 4 is 11.5 Å². The third kappa shape index (κ3) is 3.36. The predicted molar refractivity (Wildman–Crippen MR) is 83.6 cm³/mol. The molecule has 0 atom stereocenters. The summed E-state index contributed by atoms with van der Waals surface area (Å²) in [5, 5.41) is 19.0. The third-order valence-corrected chi connectivity index (χ3v) is 4.52. The van der Waals surface area contributed by atoms with Crippen molar-refractivity contribution in [2.24, 2.45) is 12.5 Å². The lowest BCUT2D eigenvalue weighted by Gasteiger charge is -2.33. The molecule has 1 heterocycles. The maximum Gasteiger partial charge on any atom is 0.334 e. The fraction of sp³-hybridized carbons (Fsp3) is 0.800. The minimum atomic E-state index is -0.312. The van der Waals surface area contributed by atoms with Gasteiger partial charge in [0.1, 0.15) is 5.69 Å². The van der Waals surface area contributed by atoms with E-state index in [1.54, 1.807) is 11.7 Å². The number of anilines is 1. The second kappa shape index (κ2) is 6.03. The van der Waals surface area contributed by atoms with E-state index in [2.05, 4.69) is 17.3 Å². The first-order chi connectivity index (χ1) is 9.84. The third-order valence-electron chi connectivity index (χ3n) is 4.52. The Hall–Kier alpha value is -1.59. The maximum atomic E-state index is 11.4. The van der Waals surface area contributed by atoms with Crippen molar-refractivity contribution in [1.82, 2.24) is 9.78 Å². The van der Waals surface area contributed by atoms with Gasteiger partial charge in [-0.15, -0.1) is 0 Å². The van der Waals surface area contributed by atoms with E-state index in [1.165, 1.54) is 32.1 Å². The molecular weight excluding hydrogens is 268 g/mol. The number of hydrogen-bond acceptors (Lipinski definition) is 4. The fourth-order valence-corrected chi connectivity index (χ4v) is 3.18. The van der Waals surface area contributed by atoms with E-state index >= 15 is 0 Å². The Morgan fingerprint density at radius 3 is 2.52 bits per heavy atom. The Balaban J connectivity index is 2.21. The monoisotopic (exact) mass is 294 g/mol. The summed E-state index contributed by atoms with van der Waals surface area (Å²) in [6.45, 7) is 6.90. The van der Waals surface area contributed by atoms with E-state index in [9.17, 15) is 10.1 Å². The van der Waals surface area contributed by atoms with Gasteiger partial charge in [0.25, 0.3) is 0 Å². The van der Waals surface area contributed by atoms with E-state index in [-0.39, 0.29) is 21.9 Å². The first-order valence-corrected chi connectivity index (χ1v) is 7.79. The molecular formula is C15H26N4O2. The molecule has 1 aliphatic carbocycles. The smallest absolute Gasteiger partial charge is 0.334 e. The Morgan fingerprint density at radius 1 is 1.38 bits per heavy atom. The first-order valence-electron chi connectivity index (χ1n) is 7.79. The molecule has 0 aromatic carbocycles. The standard InChI is InChI=1S/C15H26N4O2/c1-11(2)12-13(19(20)21)14(18(4)17-12)16-10-15(3)8-6-5-7-9-15/h11,16H,5-10H2,1-4H3. The minimum Gasteiger partial charge on any atom is -0.364 e. The number of nitrogens with zero attached hydrogens (tertiary/aromatic N) is 3. The quantitative estimate of drug-likeness (QED) is 0.661. The van der Waals surface area contributed by atoms with Crippen LogP contribution in [0.15, 0.2) is 0 Å². The molecule has 118 valence electrons. The van der Waals surface area contributed by atoms with Gasteiger partial charge in [-0.1, -0.05) is 40.0 Å². The zero-order chi connectivity index (χ0) is 15.6. The summed E-state index contributed by atoms with van der Waals surface area (Å²) in [5.74, 6) is 0.577. The van der Waals surface area contributed by atoms with Crippen molar-refractivity contribution in [2.45, 2.75) is 58.8 Å². The fourth-order valence-electron chi connectivity index (χ4n) is 3.18. The highest BCUT2D eigenvalue weighted by atomic mass is 16.6. The lowest BCUT2D eigenvalue weighted by Crippen LogP contribution is -2.29. The van der Waals surface area contributed by atoms with Gasteiger partial charge in [0.2, 0.25) is 5.82 Å². The van der Waals surface area contributed by atoms with Crippen molar-refractivity contribution in [2.75, 3.05) is 11.9 Å². The predicted octanol–water partition coefficient (Wildman–Crippen LogP) is 3.83. The van der Waals surface area contributed by atoms with Gasteiger partial charge >= 0.3 is 5.69 Å². The van der Waals surface area contributed by atoms with Gasteiger partial charge in [-0.3, -0.25) is 10.1 Å². The Morgan fingerprint density at radius 2 is 2.00 bits per heavy atom. The molecule has 0 aliphatic heterocycles. The van der Waals surface area contributed by atoms with Crippen LogP contribution >= 0.6 is 0 Å². The van der Waals surface area contributed by atoms with Crippen molar-refractivity contribution in [1.29, 1.82) is 0 Å². The lowest BCUT2D eigenvalue weighted by atomic mass is 9.76. The molecule has 1 aromatic rings. The zero-order valence-electron chi connectivity index (χ0n) is 13.5. The Kier molecular flexibility index (Phi) is 4.54. The van der Waals surface area contributed by atoms with Crippen molar-refractivity contribution in [3.05, 3.63) is 15.8 Å². The number of nitrogens with one attached hydrogen (secondary N) is 1. The molecule has 1 aromatic heterocycles. The van der Waals surface area contributed by atoms with Gasteiger partial charge in [-0.25, -0.2) is 4.68 Å². The molecule has 6 nitrogen and oxygen atoms in total. The van der Waals surface area contributed by atoms with Crippen molar-refractivity contribution < 1.29 is 4.92 Å². The van der Waals surface area contributed by atoms with Gasteiger partial charge in [0.15, 0.2) is 0 Å². The summed E-state index contributed by atoms with van der Waals surface area (Å²) in [5.41, 5.74) is 0.916. The van der Waals surface area contributed by atoms with E-state index in [4.69, 9.17) is 0 Å². The molecule has 1 fully saturated rings. The second-order valence-electron chi connectivity index (χ2n) is 6.84. The number of hydrogen-bond donors (Lipinski definition) is 1. The van der Waals surface area contributed by atoms with Crippen LogP contribution < -0.4 is 5.32 Å². The first kappa shape index (κ1) is 15.8. The second-order valence-corrected chi connectivity index (χ2v) is 6.84. The highest BCUT2D eigenvalue weighted by molar-refractivity contribution is 5.60. The Labute approximate surface area is 126 Å². The topological polar surface area (TPSA) is 73.0 Å². The summed E-state index contributed by atoms with van der Waals surface area (Å²) in [6, 6.07) is 0. The van der Waals surface area contributed by atoms with Crippen LogP contribution in [0.25, 0.3) is 0 Å². The molecule has 0 saturated heterocycles. The minimum absolute atomic E-state index is 0.0393. The lowest BCUT2D eigenvalue weighted by molar-refractivity contribution is -0.384. The molecule has 0 amide bonds. The maximum absolute atomic E-state index is 11.4. The highest BCUT2D eigenvalue weighted by Crippen LogP contribution is 2.38. The molecule has 2 rings (SSSR count). The molecule has 0 bridgehead atoms. The van der Waals surface area contributed by atoms with Gasteiger partial charge in [0.05, 0.1) is 4.92 Å². The van der Waals surface area contributed by atoms with Crippen LogP contribution in [0.5, 0.6) is 0 Å². The van der Waals surface area contributed by atoms with Gasteiger partial charge in [-0.2, -0.15) is 5.10 Å². The van der Waals surface area contributed by atoms with E-state index in [0.29, 0.717) is 11.5 Å². The van der Waals surface area contributed by atoms with Crippen LogP contribution in [0.1, 0.15) is 64.5 Å². The van der Waals surface area contributed by atoms with Crippen LogP contribution in [-0.4, -0.2) is 21.2 Å². The summed E-state index contributed by atoms with van der Waals surface area (Å²) in [6.07, 6.45) is 6.18. The van der Waals surface area contributed by atoms with Crippen LogP contribution in [0, 0.1) is 15.5 Å². The molecule has 0 spiro atoms. The molecule has 0 radical (unpaired) electrons. The Bertz CT molecular complexity index is 516. The summed E-state index contributed by atoms with van der Waals surface area (Å²) in [4.78, 5) is 11.1. The zero-order valence-corrected chi connectivity index (χ0v) is 13.5. The van der Waals surface area contributed by atoms with Crippen molar-refractivity contribution in [3.8, 4) is 0 Å². The van der Waals surface area contributed by atoms with Gasteiger partial charge < -0.3 is 5.32 Å². The van der Waals surface area contributed by atoms with E-state index in [0.717, 1.165) is 6.54 Å².